The minimum Gasteiger partial charge on any atom is -0.369 e. The predicted octanol–water partition coefficient (Wildman–Crippen LogP) is 3.55. The number of halogens is 3. The Balaban J connectivity index is 1.65. The van der Waals surface area contributed by atoms with E-state index in [9.17, 15) is 13.2 Å². The number of hydrogen-bond donors (Lipinski definition) is 2. The molecule has 0 spiro atoms. The zero-order chi connectivity index (χ0) is 18.9. The third-order valence-electron chi connectivity index (χ3n) is 4.69. The molecule has 0 atom stereocenters. The van der Waals surface area contributed by atoms with Gasteiger partial charge in [0.2, 0.25) is 0 Å². The fourth-order valence-electron chi connectivity index (χ4n) is 3.35. The topological polar surface area (TPSA) is 69.7 Å². The maximum Gasteiger partial charge on any atom is 0.418 e. The summed E-state index contributed by atoms with van der Waals surface area (Å²) in [4.78, 5) is 10.6. The second kappa shape index (κ2) is 7.15. The molecule has 6 nitrogen and oxygen atoms in total. The largest absolute Gasteiger partial charge is 0.418 e. The van der Waals surface area contributed by atoms with Crippen molar-refractivity contribution in [2.45, 2.75) is 19.0 Å². The van der Waals surface area contributed by atoms with Crippen LogP contribution < -0.4 is 5.32 Å². The van der Waals surface area contributed by atoms with Gasteiger partial charge in [-0.3, -0.25) is 5.10 Å². The summed E-state index contributed by atoms with van der Waals surface area (Å²) in [6.07, 6.45) is -0.575. The highest BCUT2D eigenvalue weighted by molar-refractivity contribution is 5.90. The summed E-state index contributed by atoms with van der Waals surface area (Å²) >= 11 is 0. The van der Waals surface area contributed by atoms with E-state index >= 15 is 0 Å². The molecule has 0 saturated carbocycles. The molecule has 1 aliphatic heterocycles. The summed E-state index contributed by atoms with van der Waals surface area (Å²) in [6, 6.07) is 5.75. The van der Waals surface area contributed by atoms with Gasteiger partial charge >= 0.3 is 6.18 Å². The molecule has 27 heavy (non-hydrogen) atoms. The minimum absolute atomic E-state index is 0.147. The quantitative estimate of drug-likeness (QED) is 0.713. The molecule has 1 saturated heterocycles. The van der Waals surface area contributed by atoms with Crippen LogP contribution in [0.1, 0.15) is 18.4 Å². The highest BCUT2D eigenvalue weighted by Crippen LogP contribution is 2.37. The van der Waals surface area contributed by atoms with E-state index in [1.54, 1.807) is 18.3 Å². The van der Waals surface area contributed by atoms with Crippen LogP contribution in [0.3, 0.4) is 0 Å². The van der Waals surface area contributed by atoms with E-state index in [-0.39, 0.29) is 11.4 Å². The number of pyridine rings is 2. The van der Waals surface area contributed by atoms with Gasteiger partial charge in [-0.1, -0.05) is 0 Å². The van der Waals surface area contributed by atoms with Crippen LogP contribution >= 0.6 is 0 Å². The lowest BCUT2D eigenvalue weighted by Gasteiger charge is -2.16. The number of aromatic amines is 1. The van der Waals surface area contributed by atoms with Gasteiger partial charge in [-0.05, 0) is 50.2 Å². The van der Waals surface area contributed by atoms with E-state index in [0.717, 1.165) is 25.7 Å². The normalized spacial score (nSPS) is 15.5. The molecule has 2 N–H and O–H groups in total. The van der Waals surface area contributed by atoms with Gasteiger partial charge in [0, 0.05) is 24.7 Å². The second-order valence-electron chi connectivity index (χ2n) is 6.54. The van der Waals surface area contributed by atoms with Crippen molar-refractivity contribution in [1.82, 2.24) is 25.1 Å². The summed E-state index contributed by atoms with van der Waals surface area (Å²) in [7, 11) is 0. The third-order valence-corrected chi connectivity index (χ3v) is 4.69. The molecule has 4 heterocycles. The van der Waals surface area contributed by atoms with Crippen LogP contribution in [0.25, 0.3) is 22.4 Å². The van der Waals surface area contributed by atoms with Crippen LogP contribution in [0.15, 0.2) is 30.5 Å². The summed E-state index contributed by atoms with van der Waals surface area (Å²) in [5.41, 5.74) is -0.443. The van der Waals surface area contributed by atoms with E-state index in [4.69, 9.17) is 0 Å². The number of fused-ring (bicyclic) bond motifs is 1. The van der Waals surface area contributed by atoms with Crippen molar-refractivity contribution in [2.24, 2.45) is 0 Å². The van der Waals surface area contributed by atoms with Gasteiger partial charge in [-0.25, -0.2) is 9.97 Å². The maximum absolute atomic E-state index is 13.5. The van der Waals surface area contributed by atoms with Gasteiger partial charge in [0.05, 0.1) is 5.56 Å². The second-order valence-corrected chi connectivity index (χ2v) is 6.54. The van der Waals surface area contributed by atoms with Crippen molar-refractivity contribution < 1.29 is 13.2 Å². The summed E-state index contributed by atoms with van der Waals surface area (Å²) in [5, 5.41) is 10.3. The number of rotatable bonds is 5. The van der Waals surface area contributed by atoms with Crippen molar-refractivity contribution in [3.63, 3.8) is 0 Å². The molecule has 1 aliphatic rings. The Morgan fingerprint density at radius 3 is 2.70 bits per heavy atom. The highest BCUT2D eigenvalue weighted by atomic mass is 19.4. The average molecular weight is 376 g/mol. The van der Waals surface area contributed by atoms with Gasteiger partial charge in [0.25, 0.3) is 0 Å². The van der Waals surface area contributed by atoms with Crippen LogP contribution in [0.5, 0.6) is 0 Å². The molecular weight excluding hydrogens is 357 g/mol. The molecule has 0 unspecified atom stereocenters. The molecule has 0 aliphatic carbocycles. The molecule has 3 aromatic heterocycles. The molecule has 0 radical (unpaired) electrons. The van der Waals surface area contributed by atoms with Gasteiger partial charge in [0.1, 0.15) is 17.2 Å². The Morgan fingerprint density at radius 1 is 1.11 bits per heavy atom. The molecular formula is C18H19F3N6. The number of likely N-dealkylation sites (tertiary alicyclic amines) is 1. The van der Waals surface area contributed by atoms with Gasteiger partial charge < -0.3 is 10.2 Å². The number of hydrogen-bond acceptors (Lipinski definition) is 5. The SMILES string of the molecule is FC(F)(F)c1ccc(NCCN2CCCC2)nc1-c1n[nH]c2ncccc12. The smallest absolute Gasteiger partial charge is 0.369 e. The molecule has 0 amide bonds. The first-order chi connectivity index (χ1) is 13.0. The summed E-state index contributed by atoms with van der Waals surface area (Å²) < 4.78 is 40.5. The van der Waals surface area contributed by atoms with Crippen molar-refractivity contribution in [2.75, 3.05) is 31.5 Å². The number of anilines is 1. The van der Waals surface area contributed by atoms with Gasteiger partial charge in [-0.15, -0.1) is 0 Å². The van der Waals surface area contributed by atoms with Crippen LogP contribution in [0, 0.1) is 0 Å². The predicted molar refractivity (Wildman–Crippen MR) is 96.3 cm³/mol. The van der Waals surface area contributed by atoms with Crippen molar-refractivity contribution in [3.8, 4) is 11.4 Å². The lowest BCUT2D eigenvalue weighted by Crippen LogP contribution is -2.26. The van der Waals surface area contributed by atoms with Crippen molar-refractivity contribution in [3.05, 3.63) is 36.0 Å². The monoisotopic (exact) mass is 376 g/mol. The molecule has 3 aromatic rings. The molecule has 142 valence electrons. The third kappa shape index (κ3) is 3.73. The lowest BCUT2D eigenvalue weighted by molar-refractivity contribution is -0.137. The van der Waals surface area contributed by atoms with Crippen molar-refractivity contribution in [1.29, 1.82) is 0 Å². The Hall–Kier alpha value is -2.68. The fourth-order valence-corrected chi connectivity index (χ4v) is 3.35. The molecule has 1 fully saturated rings. The molecule has 4 rings (SSSR count). The first kappa shape index (κ1) is 17.7. The highest BCUT2D eigenvalue weighted by Gasteiger charge is 2.36. The van der Waals surface area contributed by atoms with E-state index in [1.807, 2.05) is 0 Å². The van der Waals surface area contributed by atoms with Gasteiger partial charge in [0.15, 0.2) is 5.65 Å². The van der Waals surface area contributed by atoms with Crippen LogP contribution in [0.2, 0.25) is 0 Å². The summed E-state index contributed by atoms with van der Waals surface area (Å²) in [5.74, 6) is 0.400. The lowest BCUT2D eigenvalue weighted by atomic mass is 10.1. The average Bonchev–Trinajstić information content (AvgIpc) is 3.30. The molecule has 0 aromatic carbocycles. The number of H-pyrrole nitrogens is 1. The number of aromatic nitrogens is 4. The number of alkyl halides is 3. The Labute approximate surface area is 153 Å². The van der Waals surface area contributed by atoms with E-state index in [2.05, 4.69) is 30.4 Å². The molecule has 9 heteroatoms. The number of nitrogens with zero attached hydrogens (tertiary/aromatic N) is 4. The Bertz CT molecular complexity index is 930. The van der Waals surface area contributed by atoms with E-state index in [1.165, 1.54) is 18.9 Å². The zero-order valence-corrected chi connectivity index (χ0v) is 14.6. The zero-order valence-electron chi connectivity index (χ0n) is 14.6. The Kier molecular flexibility index (Phi) is 4.69. The van der Waals surface area contributed by atoms with E-state index < -0.39 is 11.7 Å². The fraction of sp³-hybridized carbons (Fsp3) is 0.389. The Morgan fingerprint density at radius 2 is 1.93 bits per heavy atom. The minimum atomic E-state index is -4.52. The van der Waals surface area contributed by atoms with Crippen molar-refractivity contribution >= 4 is 16.9 Å². The maximum atomic E-state index is 13.5. The molecule has 0 bridgehead atoms. The standard InChI is InChI=1S/C18H19F3N6/c19-18(20,21)13-5-6-14(22-8-11-27-9-1-2-10-27)24-16(13)15-12-4-3-7-23-17(12)26-25-15/h3-7H,1-2,8-11H2,(H,22,24)(H,23,25,26). The van der Waals surface area contributed by atoms with Crippen LogP contribution in [-0.2, 0) is 6.18 Å². The summed E-state index contributed by atoms with van der Waals surface area (Å²) in [6.45, 7) is 3.60. The first-order valence-corrected chi connectivity index (χ1v) is 8.86. The van der Waals surface area contributed by atoms with E-state index in [0.29, 0.717) is 23.4 Å². The van der Waals surface area contributed by atoms with Gasteiger partial charge in [-0.2, -0.15) is 18.3 Å². The number of nitrogens with one attached hydrogen (secondary N) is 2. The van der Waals surface area contributed by atoms with Crippen LogP contribution in [0.4, 0.5) is 19.0 Å². The van der Waals surface area contributed by atoms with Crippen LogP contribution in [-0.4, -0.2) is 51.2 Å². The first-order valence-electron chi connectivity index (χ1n) is 8.86.